The lowest BCUT2D eigenvalue weighted by molar-refractivity contribution is -0.168. The van der Waals surface area contributed by atoms with E-state index in [0.717, 1.165) is 0 Å². The molecule has 1 fully saturated rings. The third-order valence-electron chi connectivity index (χ3n) is 3.37. The van der Waals surface area contributed by atoms with Gasteiger partial charge in [0, 0.05) is 19.6 Å². The van der Waals surface area contributed by atoms with Crippen LogP contribution in [-0.4, -0.2) is 48.1 Å². The zero-order valence-electron chi connectivity index (χ0n) is 13.5. The van der Waals surface area contributed by atoms with Crippen molar-refractivity contribution in [2.24, 2.45) is 11.8 Å². The number of carbonyl (C=O) groups excluding carboxylic acids is 2. The zero-order valence-corrected chi connectivity index (χ0v) is 13.5. The third-order valence-corrected chi connectivity index (χ3v) is 3.37. The second-order valence-corrected chi connectivity index (χ2v) is 6.70. The highest BCUT2D eigenvalue weighted by Crippen LogP contribution is 2.20. The lowest BCUT2D eigenvalue weighted by atomic mass is 9.96. The van der Waals surface area contributed by atoms with Crippen molar-refractivity contribution in [3.05, 3.63) is 0 Å². The molecule has 1 heterocycles. The highest BCUT2D eigenvalue weighted by Gasteiger charge is 2.38. The SMILES string of the molecule is CCN(C(=O)C1CNC1)C(C(=O)OC(C)(C)C)C(C)C. The molecule has 1 rings (SSSR count). The van der Waals surface area contributed by atoms with Gasteiger partial charge in [-0.1, -0.05) is 13.8 Å². The van der Waals surface area contributed by atoms with Crippen molar-refractivity contribution in [3.63, 3.8) is 0 Å². The molecule has 1 aliphatic heterocycles. The van der Waals surface area contributed by atoms with Crippen LogP contribution in [0.3, 0.4) is 0 Å². The number of rotatable bonds is 5. The summed E-state index contributed by atoms with van der Waals surface area (Å²) >= 11 is 0. The van der Waals surface area contributed by atoms with Crippen LogP contribution < -0.4 is 5.32 Å². The van der Waals surface area contributed by atoms with Crippen LogP contribution in [0.4, 0.5) is 0 Å². The van der Waals surface area contributed by atoms with E-state index >= 15 is 0 Å². The first-order chi connectivity index (χ1) is 9.17. The molecule has 0 aromatic carbocycles. The van der Waals surface area contributed by atoms with Crippen molar-refractivity contribution < 1.29 is 14.3 Å². The van der Waals surface area contributed by atoms with Crippen molar-refractivity contribution in [2.45, 2.75) is 53.2 Å². The molecule has 20 heavy (non-hydrogen) atoms. The predicted octanol–water partition coefficient (Wildman–Crippen LogP) is 1.42. The maximum absolute atomic E-state index is 12.5. The molecule has 0 saturated carbocycles. The van der Waals surface area contributed by atoms with Gasteiger partial charge in [-0.15, -0.1) is 0 Å². The molecule has 5 nitrogen and oxygen atoms in total. The molecule has 1 amide bonds. The molecule has 116 valence electrons. The topological polar surface area (TPSA) is 58.6 Å². The van der Waals surface area contributed by atoms with Crippen LogP contribution in [0.25, 0.3) is 0 Å². The van der Waals surface area contributed by atoms with Gasteiger partial charge in [0.1, 0.15) is 11.6 Å². The van der Waals surface area contributed by atoms with Crippen LogP contribution in [0, 0.1) is 11.8 Å². The number of esters is 1. The maximum atomic E-state index is 12.5. The Kier molecular flexibility index (Phi) is 5.57. The first-order valence-electron chi connectivity index (χ1n) is 7.41. The van der Waals surface area contributed by atoms with Gasteiger partial charge in [0.25, 0.3) is 0 Å². The van der Waals surface area contributed by atoms with Gasteiger partial charge >= 0.3 is 5.97 Å². The molecule has 0 radical (unpaired) electrons. The number of carbonyl (C=O) groups is 2. The van der Waals surface area contributed by atoms with Gasteiger partial charge in [0.15, 0.2) is 0 Å². The van der Waals surface area contributed by atoms with Crippen molar-refractivity contribution in [1.29, 1.82) is 0 Å². The molecular weight excluding hydrogens is 256 g/mol. The van der Waals surface area contributed by atoms with Gasteiger partial charge in [-0.05, 0) is 33.6 Å². The summed E-state index contributed by atoms with van der Waals surface area (Å²) in [5.74, 6) is -0.230. The minimum atomic E-state index is -0.537. The van der Waals surface area contributed by atoms with E-state index in [-0.39, 0.29) is 23.7 Å². The minimum absolute atomic E-state index is 0.00126. The fourth-order valence-corrected chi connectivity index (χ4v) is 2.31. The number of nitrogens with one attached hydrogen (secondary N) is 1. The molecular formula is C15H28N2O3. The molecule has 0 bridgehead atoms. The van der Waals surface area contributed by atoms with Gasteiger partial charge in [0.05, 0.1) is 5.92 Å². The van der Waals surface area contributed by atoms with Gasteiger partial charge in [-0.25, -0.2) is 4.79 Å². The van der Waals surface area contributed by atoms with Gasteiger partial charge in [-0.3, -0.25) is 4.79 Å². The van der Waals surface area contributed by atoms with Crippen LogP contribution in [0.1, 0.15) is 41.5 Å². The van der Waals surface area contributed by atoms with Crippen molar-refractivity contribution >= 4 is 11.9 Å². The number of likely N-dealkylation sites (N-methyl/N-ethyl adjacent to an activating group) is 1. The molecule has 1 saturated heterocycles. The second-order valence-electron chi connectivity index (χ2n) is 6.70. The average Bonchev–Trinajstić information content (AvgIpc) is 2.19. The summed E-state index contributed by atoms with van der Waals surface area (Å²) in [4.78, 5) is 26.5. The molecule has 1 aliphatic rings. The number of hydrogen-bond donors (Lipinski definition) is 1. The highest BCUT2D eigenvalue weighted by atomic mass is 16.6. The summed E-state index contributed by atoms with van der Waals surface area (Å²) in [7, 11) is 0. The number of hydrogen-bond acceptors (Lipinski definition) is 4. The first kappa shape index (κ1) is 17.0. The van der Waals surface area contributed by atoms with Gasteiger partial charge < -0.3 is 15.0 Å². The Labute approximate surface area is 122 Å². The summed E-state index contributed by atoms with van der Waals surface area (Å²) in [6.07, 6.45) is 0. The summed E-state index contributed by atoms with van der Waals surface area (Å²) in [5, 5.41) is 3.09. The van der Waals surface area contributed by atoms with Crippen molar-refractivity contribution in [3.8, 4) is 0 Å². The van der Waals surface area contributed by atoms with Gasteiger partial charge in [0.2, 0.25) is 5.91 Å². The Morgan fingerprint density at radius 3 is 2.15 bits per heavy atom. The van der Waals surface area contributed by atoms with Crippen LogP contribution in [0.2, 0.25) is 0 Å². The summed E-state index contributed by atoms with van der Waals surface area (Å²) in [6.45, 7) is 13.3. The van der Waals surface area contributed by atoms with E-state index in [0.29, 0.717) is 19.6 Å². The largest absolute Gasteiger partial charge is 0.458 e. The fourth-order valence-electron chi connectivity index (χ4n) is 2.31. The predicted molar refractivity (Wildman–Crippen MR) is 78.2 cm³/mol. The van der Waals surface area contributed by atoms with Crippen LogP contribution >= 0.6 is 0 Å². The zero-order chi connectivity index (χ0) is 15.5. The van der Waals surface area contributed by atoms with E-state index in [2.05, 4.69) is 5.32 Å². The molecule has 0 spiro atoms. The molecule has 0 aromatic heterocycles. The molecule has 0 aliphatic carbocycles. The lowest BCUT2D eigenvalue weighted by Gasteiger charge is -2.38. The highest BCUT2D eigenvalue weighted by molar-refractivity contribution is 5.87. The Bertz CT molecular complexity index is 357. The van der Waals surface area contributed by atoms with Crippen LogP contribution in [0.5, 0.6) is 0 Å². The maximum Gasteiger partial charge on any atom is 0.329 e. The fraction of sp³-hybridized carbons (Fsp3) is 0.867. The van der Waals surface area contributed by atoms with E-state index in [1.165, 1.54) is 0 Å². The minimum Gasteiger partial charge on any atom is -0.458 e. The Morgan fingerprint density at radius 1 is 1.30 bits per heavy atom. The molecule has 1 unspecified atom stereocenters. The molecule has 0 aromatic rings. The average molecular weight is 284 g/mol. The van der Waals surface area contributed by atoms with Crippen LogP contribution in [0.15, 0.2) is 0 Å². The van der Waals surface area contributed by atoms with Crippen molar-refractivity contribution in [2.75, 3.05) is 19.6 Å². The third kappa shape index (κ3) is 4.20. The summed E-state index contributed by atoms with van der Waals surface area (Å²) in [6, 6.07) is -0.507. The smallest absolute Gasteiger partial charge is 0.329 e. The lowest BCUT2D eigenvalue weighted by Crippen LogP contribution is -2.57. The monoisotopic (exact) mass is 284 g/mol. The van der Waals surface area contributed by atoms with E-state index in [4.69, 9.17) is 4.74 Å². The summed E-state index contributed by atoms with van der Waals surface area (Å²) < 4.78 is 5.48. The van der Waals surface area contributed by atoms with E-state index in [1.54, 1.807) is 4.90 Å². The number of ether oxygens (including phenoxy) is 1. The van der Waals surface area contributed by atoms with E-state index < -0.39 is 11.6 Å². The Balaban J connectivity index is 2.86. The Morgan fingerprint density at radius 2 is 1.85 bits per heavy atom. The molecule has 1 atom stereocenters. The van der Waals surface area contributed by atoms with E-state index in [1.807, 2.05) is 41.5 Å². The first-order valence-corrected chi connectivity index (χ1v) is 7.41. The summed E-state index contributed by atoms with van der Waals surface area (Å²) in [5.41, 5.74) is -0.537. The number of amides is 1. The standard InChI is InChI=1S/C15H28N2O3/c1-7-17(13(18)11-8-16-9-11)12(10(2)3)14(19)20-15(4,5)6/h10-12,16H,7-9H2,1-6H3. The van der Waals surface area contributed by atoms with Crippen LogP contribution in [-0.2, 0) is 14.3 Å². The number of nitrogens with zero attached hydrogens (tertiary/aromatic N) is 1. The Hall–Kier alpha value is -1.10. The normalized spacial score (nSPS) is 17.6. The van der Waals surface area contributed by atoms with Crippen molar-refractivity contribution in [1.82, 2.24) is 10.2 Å². The quantitative estimate of drug-likeness (QED) is 0.776. The van der Waals surface area contributed by atoms with Gasteiger partial charge in [-0.2, -0.15) is 0 Å². The molecule has 5 heteroatoms. The van der Waals surface area contributed by atoms with E-state index in [9.17, 15) is 9.59 Å². The second kappa shape index (κ2) is 6.57. The molecule has 1 N–H and O–H groups in total.